The molecule has 1 saturated heterocycles. The number of nitrogens with two attached hydrogens (primary N) is 1. The van der Waals surface area contributed by atoms with E-state index < -0.39 is 84.6 Å². The van der Waals surface area contributed by atoms with Crippen LogP contribution in [0.25, 0.3) is 11.2 Å². The molecule has 0 bridgehead atoms. The summed E-state index contributed by atoms with van der Waals surface area (Å²) in [4.78, 5) is 96.4. The second kappa shape index (κ2) is 24.4. The van der Waals surface area contributed by atoms with Crippen LogP contribution in [0.15, 0.2) is 24.8 Å². The summed E-state index contributed by atoms with van der Waals surface area (Å²) >= 11 is 1.11. The first kappa shape index (κ1) is 52.6. The molecule has 2 unspecified atom stereocenters. The smallest absolute Gasteiger partial charge is 0.274 e. The zero-order valence-electron chi connectivity index (χ0n) is 33.7. The Balaban J connectivity index is 1.39. The van der Waals surface area contributed by atoms with Crippen molar-refractivity contribution in [1.82, 2.24) is 30.2 Å². The number of anilines is 1. The molecule has 2 aromatic rings. The number of aliphatic hydroxyl groups is 2. The summed E-state index contributed by atoms with van der Waals surface area (Å²) in [5.41, 5.74) is 4.08. The zero-order chi connectivity index (χ0) is 45.4. The topological polar surface area (TPSA) is 375 Å². The largest absolute Gasteiger partial charge is 0.790 e. The monoisotopic (exact) mass is 943 g/mol. The first-order valence-electron chi connectivity index (χ1n) is 19.2. The number of imidazole rings is 1. The van der Waals surface area contributed by atoms with Crippen molar-refractivity contribution in [2.24, 2.45) is 5.41 Å². The standard InChI is InChI=1S/C33H56N7O17P3S/c1-4-5-6-7-8-9-10-11-12-13-24(42)61-17-16-35-23(41)14-15-36-31(45)28(44)33(2,3)19-54-60(51,52)57-59(49,50)53-18-22-27(56-58(46,47)48)26(43)32(55-22)40-21-39-25-29(34)37-20-38-30(25)40/h9-10,20-22,26-28,32,43-44H,4-8,11-19H2,1-3H3,(H,35,41)(H,36,45)(H,49,50)(H,51,52)(H2,34,37,38)(H2,46,47,48)/p-4/b10-9-/t22-,26-,27-,28+,32-/m1/s1. The number of phosphoric acid groups is 3. The van der Waals surface area contributed by atoms with Gasteiger partial charge in [-0.05, 0) is 25.7 Å². The highest BCUT2D eigenvalue weighted by atomic mass is 32.2. The highest BCUT2D eigenvalue weighted by molar-refractivity contribution is 8.13. The molecule has 0 spiro atoms. The Morgan fingerprint density at radius 1 is 1.00 bits per heavy atom. The van der Waals surface area contributed by atoms with Gasteiger partial charge in [0.2, 0.25) is 11.8 Å². The number of amides is 2. The minimum atomic E-state index is -5.92. The van der Waals surface area contributed by atoms with Crippen LogP contribution in [0, 0.1) is 5.41 Å². The number of rotatable bonds is 28. The number of allylic oxidation sites excluding steroid dienone is 2. The van der Waals surface area contributed by atoms with Gasteiger partial charge in [-0.2, -0.15) is 0 Å². The van der Waals surface area contributed by atoms with Gasteiger partial charge in [0.15, 0.2) is 22.8 Å². The number of aliphatic hydroxyl groups excluding tert-OH is 2. The molecule has 346 valence electrons. The number of ether oxygens (including phenoxy) is 1. The van der Waals surface area contributed by atoms with Gasteiger partial charge in [0.25, 0.3) is 15.6 Å². The minimum absolute atomic E-state index is 0.0197. The Hall–Kier alpha value is -2.70. The third kappa shape index (κ3) is 18.1. The fraction of sp³-hybridized carbons (Fsp3) is 0.697. The Kier molecular flexibility index (Phi) is 21.0. The zero-order valence-corrected chi connectivity index (χ0v) is 37.2. The lowest BCUT2D eigenvalue weighted by Crippen LogP contribution is -2.46. The number of nitrogens with one attached hydrogen (secondary N) is 2. The van der Waals surface area contributed by atoms with Crippen LogP contribution in [0.1, 0.15) is 84.8 Å². The van der Waals surface area contributed by atoms with Gasteiger partial charge in [-0.3, -0.25) is 28.1 Å². The van der Waals surface area contributed by atoms with Crippen LogP contribution in [-0.2, 0) is 50.7 Å². The number of hydrogen-bond donors (Lipinski definition) is 5. The van der Waals surface area contributed by atoms with Crippen LogP contribution in [-0.4, -0.2) is 103 Å². The van der Waals surface area contributed by atoms with Gasteiger partial charge < -0.3 is 69.0 Å². The molecular formula is C33H52N7O17P3S-4. The first-order chi connectivity index (χ1) is 28.6. The quantitative estimate of drug-likeness (QED) is 0.0420. The molecule has 6 N–H and O–H groups in total. The third-order valence-electron chi connectivity index (χ3n) is 8.88. The molecule has 24 nitrogen and oxygen atoms in total. The lowest BCUT2D eigenvalue weighted by molar-refractivity contribution is -0.347. The molecule has 1 aliphatic rings. The predicted octanol–water partition coefficient (Wildman–Crippen LogP) is -0.166. The lowest BCUT2D eigenvalue weighted by atomic mass is 9.87. The third-order valence-corrected chi connectivity index (χ3v) is 12.8. The number of phosphoric ester groups is 3. The van der Waals surface area contributed by atoms with E-state index in [1.165, 1.54) is 39.5 Å². The van der Waals surface area contributed by atoms with Crippen molar-refractivity contribution < 1.29 is 80.5 Å². The first-order valence-corrected chi connectivity index (χ1v) is 24.5. The Morgan fingerprint density at radius 3 is 2.38 bits per heavy atom. The van der Waals surface area contributed by atoms with Crippen LogP contribution >= 0.6 is 35.2 Å². The van der Waals surface area contributed by atoms with Crippen molar-refractivity contribution in [1.29, 1.82) is 0 Å². The number of hydrogen-bond acceptors (Lipinski definition) is 22. The molecule has 1 fully saturated rings. The normalized spacial score (nSPS) is 21.0. The van der Waals surface area contributed by atoms with E-state index in [1.54, 1.807) is 0 Å². The van der Waals surface area contributed by atoms with Crippen molar-refractivity contribution in [3.63, 3.8) is 0 Å². The summed E-state index contributed by atoms with van der Waals surface area (Å²) in [7, 11) is -17.6. The number of unbranched alkanes of at least 4 members (excludes halogenated alkanes) is 5. The number of thioether (sulfide) groups is 1. The maximum Gasteiger partial charge on any atom is 0.274 e. The van der Waals surface area contributed by atoms with Crippen molar-refractivity contribution >= 4 is 69.1 Å². The molecule has 3 heterocycles. The second-order valence-electron chi connectivity index (χ2n) is 14.4. The van der Waals surface area contributed by atoms with Crippen LogP contribution in [0.5, 0.6) is 0 Å². The van der Waals surface area contributed by atoms with E-state index in [1.807, 2.05) is 0 Å². The SMILES string of the molecule is CCCCCC/C=C\CCCC(=O)SCCNC(=O)CCNC(=O)[C@H](O)C(C)(C)COP(=O)([O-])OP(=O)([O-])OC[C@H]1O[C@@H](n2cnc3c(N)ncnc32)[C@H](O)[C@@H]1OP(=O)([O-])[O-]. The second-order valence-corrected chi connectivity index (χ2v) is 19.6. The molecule has 28 heteroatoms. The van der Waals surface area contributed by atoms with E-state index in [4.69, 9.17) is 10.5 Å². The van der Waals surface area contributed by atoms with Crippen molar-refractivity contribution in [3.05, 3.63) is 24.8 Å². The average molecular weight is 944 g/mol. The van der Waals surface area contributed by atoms with E-state index >= 15 is 0 Å². The van der Waals surface area contributed by atoms with Gasteiger partial charge in [-0.15, -0.1) is 0 Å². The van der Waals surface area contributed by atoms with Crippen LogP contribution in [0.3, 0.4) is 0 Å². The maximum atomic E-state index is 12.6. The maximum absolute atomic E-state index is 12.6. The van der Waals surface area contributed by atoms with Crippen LogP contribution < -0.4 is 35.9 Å². The average Bonchev–Trinajstić information content (AvgIpc) is 3.73. The van der Waals surface area contributed by atoms with Gasteiger partial charge in [0, 0.05) is 37.1 Å². The molecular weight excluding hydrogens is 891 g/mol. The van der Waals surface area contributed by atoms with Gasteiger partial charge in [0.05, 0.1) is 27.4 Å². The van der Waals surface area contributed by atoms with E-state index in [-0.39, 0.29) is 41.6 Å². The number of carbonyl (C=O) groups excluding carboxylic acids is 3. The van der Waals surface area contributed by atoms with E-state index in [9.17, 15) is 57.9 Å². The molecule has 1 aliphatic heterocycles. The lowest BCUT2D eigenvalue weighted by Gasteiger charge is -2.36. The Morgan fingerprint density at radius 2 is 1.69 bits per heavy atom. The fourth-order valence-electron chi connectivity index (χ4n) is 5.63. The summed E-state index contributed by atoms with van der Waals surface area (Å²) in [5.74, 6) is -1.17. The van der Waals surface area contributed by atoms with Gasteiger partial charge in [0.1, 0.15) is 36.3 Å². The fourth-order valence-corrected chi connectivity index (χ4v) is 9.09. The number of fused-ring (bicyclic) bond motifs is 1. The Labute approximate surface area is 356 Å². The van der Waals surface area contributed by atoms with E-state index in [0.717, 1.165) is 48.2 Å². The summed E-state index contributed by atoms with van der Waals surface area (Å²) < 4.78 is 60.7. The molecule has 0 saturated carbocycles. The Bertz CT molecular complexity index is 1940. The van der Waals surface area contributed by atoms with E-state index in [2.05, 4.69) is 62.5 Å². The molecule has 3 rings (SSSR count). The molecule has 61 heavy (non-hydrogen) atoms. The highest BCUT2D eigenvalue weighted by Gasteiger charge is 2.47. The van der Waals surface area contributed by atoms with E-state index in [0.29, 0.717) is 12.2 Å². The van der Waals surface area contributed by atoms with Gasteiger partial charge >= 0.3 is 0 Å². The highest BCUT2D eigenvalue weighted by Crippen LogP contribution is 2.56. The molecule has 2 aromatic heterocycles. The van der Waals surface area contributed by atoms with Crippen molar-refractivity contribution in [2.75, 3.05) is 37.8 Å². The molecule has 7 atom stereocenters. The molecule has 0 radical (unpaired) electrons. The summed E-state index contributed by atoms with van der Waals surface area (Å²) in [6.07, 6.45) is 4.52. The van der Waals surface area contributed by atoms with Crippen molar-refractivity contribution in [3.8, 4) is 0 Å². The molecule has 0 aromatic carbocycles. The van der Waals surface area contributed by atoms with Crippen LogP contribution in [0.2, 0.25) is 0 Å². The number of aromatic nitrogens is 4. The van der Waals surface area contributed by atoms with Crippen molar-refractivity contribution in [2.45, 2.75) is 109 Å². The predicted molar refractivity (Wildman–Crippen MR) is 210 cm³/mol. The molecule has 2 amide bonds. The van der Waals surface area contributed by atoms with Gasteiger partial charge in [-0.1, -0.05) is 63.9 Å². The van der Waals surface area contributed by atoms with Gasteiger partial charge in [-0.25, -0.2) is 19.3 Å². The number of nitrogen functional groups attached to an aromatic ring is 1. The summed E-state index contributed by atoms with van der Waals surface area (Å²) in [5, 5.41) is 26.3. The summed E-state index contributed by atoms with van der Waals surface area (Å²) in [6, 6.07) is 0. The van der Waals surface area contributed by atoms with Crippen LogP contribution in [0.4, 0.5) is 5.82 Å². The number of carbonyl (C=O) groups is 3. The molecule has 0 aliphatic carbocycles. The minimum Gasteiger partial charge on any atom is -0.790 e. The summed E-state index contributed by atoms with van der Waals surface area (Å²) in [6.45, 7) is 2.31. The number of nitrogens with zero attached hydrogens (tertiary/aromatic N) is 4.